The number of anilines is 1. The average Bonchev–Trinajstić information content (AvgIpc) is 3.33. The van der Waals surface area contributed by atoms with Crippen LogP contribution >= 0.6 is 11.3 Å². The van der Waals surface area contributed by atoms with Crippen LogP contribution < -0.4 is 16.4 Å². The van der Waals surface area contributed by atoms with Crippen LogP contribution in [-0.4, -0.2) is 23.6 Å². The van der Waals surface area contributed by atoms with E-state index in [0.29, 0.717) is 28.0 Å². The molecule has 2 heterocycles. The van der Waals surface area contributed by atoms with E-state index in [1.165, 1.54) is 23.6 Å². The Hall–Kier alpha value is -2.93. The lowest BCUT2D eigenvalue weighted by Gasteiger charge is -2.07. The fraction of sp³-hybridized carbons (Fsp3) is 0.200. The van der Waals surface area contributed by atoms with Crippen molar-refractivity contribution in [3.8, 4) is 10.6 Å². The zero-order chi connectivity index (χ0) is 19.2. The van der Waals surface area contributed by atoms with E-state index in [0.717, 1.165) is 23.4 Å². The highest BCUT2D eigenvalue weighted by molar-refractivity contribution is 7.17. The van der Waals surface area contributed by atoms with Crippen LogP contribution in [-0.2, 0) is 0 Å². The summed E-state index contributed by atoms with van der Waals surface area (Å²) in [6, 6.07) is 9.57. The zero-order valence-corrected chi connectivity index (χ0v) is 15.6. The van der Waals surface area contributed by atoms with E-state index < -0.39 is 6.67 Å². The first-order chi connectivity index (χ1) is 13.1. The molecule has 0 saturated heterocycles. The number of hydrogen-bond acceptors (Lipinski definition) is 5. The smallest absolute Gasteiger partial charge is 0.261 e. The van der Waals surface area contributed by atoms with Gasteiger partial charge < -0.3 is 16.4 Å². The fourth-order valence-electron chi connectivity index (χ4n) is 2.40. The van der Waals surface area contributed by atoms with Gasteiger partial charge in [-0.05, 0) is 61.0 Å². The predicted octanol–water partition coefficient (Wildman–Crippen LogP) is 4.00. The van der Waals surface area contributed by atoms with Crippen LogP contribution in [0.25, 0.3) is 10.6 Å². The average molecular weight is 384 g/mol. The summed E-state index contributed by atoms with van der Waals surface area (Å²) in [5.41, 5.74) is 6.96. The minimum Gasteiger partial charge on any atom is -0.405 e. The van der Waals surface area contributed by atoms with Crippen LogP contribution in [0.2, 0.25) is 0 Å². The zero-order valence-electron chi connectivity index (χ0n) is 14.7. The molecule has 1 fully saturated rings. The summed E-state index contributed by atoms with van der Waals surface area (Å²) >= 11 is 1.40. The number of hydrogen-bond donors (Lipinski definition) is 3. The van der Waals surface area contributed by atoms with Gasteiger partial charge in [-0.1, -0.05) is 12.6 Å². The third kappa shape index (κ3) is 5.27. The van der Waals surface area contributed by atoms with E-state index in [4.69, 9.17) is 5.73 Å². The number of aromatic nitrogens is 1. The van der Waals surface area contributed by atoms with Gasteiger partial charge in [0.25, 0.3) is 5.91 Å². The van der Waals surface area contributed by atoms with Crippen molar-refractivity contribution in [2.45, 2.75) is 18.9 Å². The molecular formula is C20H21FN4OS. The Morgan fingerprint density at radius 2 is 2.19 bits per heavy atom. The number of carbonyl (C=O) groups is 1. The van der Waals surface area contributed by atoms with Crippen molar-refractivity contribution in [1.82, 2.24) is 10.3 Å². The molecule has 3 rings (SSSR count). The van der Waals surface area contributed by atoms with Gasteiger partial charge in [-0.3, -0.25) is 4.79 Å². The van der Waals surface area contributed by atoms with Crippen molar-refractivity contribution in [1.29, 1.82) is 0 Å². The minimum absolute atomic E-state index is 0.0340. The molecule has 2 aromatic rings. The lowest BCUT2D eigenvalue weighted by molar-refractivity contribution is 0.0955. The summed E-state index contributed by atoms with van der Waals surface area (Å²) in [5, 5.41) is 6.02. The van der Waals surface area contributed by atoms with Crippen molar-refractivity contribution >= 4 is 23.1 Å². The second-order valence-electron chi connectivity index (χ2n) is 6.18. The highest BCUT2D eigenvalue weighted by Crippen LogP contribution is 2.28. The molecule has 2 aromatic heterocycles. The number of allylic oxidation sites excluding steroid dienone is 3. The molecule has 1 aliphatic carbocycles. The number of carbonyl (C=O) groups excluding carboxylic acids is 1. The van der Waals surface area contributed by atoms with E-state index in [-0.39, 0.29) is 5.91 Å². The first-order valence-corrected chi connectivity index (χ1v) is 9.39. The highest BCUT2D eigenvalue weighted by atomic mass is 32.1. The van der Waals surface area contributed by atoms with Crippen molar-refractivity contribution in [3.63, 3.8) is 0 Å². The molecule has 0 bridgehead atoms. The maximum atomic E-state index is 12.9. The SMILES string of the molecule is C=C(/C=C(\C=C/N)CF)Nc1cccc(-c2ccc(C(=O)NC3CC3)s2)n1. The normalized spacial score (nSPS) is 14.3. The highest BCUT2D eigenvalue weighted by Gasteiger charge is 2.24. The van der Waals surface area contributed by atoms with Gasteiger partial charge in [-0.25, -0.2) is 9.37 Å². The molecule has 1 aliphatic rings. The molecule has 4 N–H and O–H groups in total. The lowest BCUT2D eigenvalue weighted by atomic mass is 10.2. The summed E-state index contributed by atoms with van der Waals surface area (Å²) in [6.45, 7) is 3.23. The summed E-state index contributed by atoms with van der Waals surface area (Å²) in [6.07, 6.45) is 6.45. The van der Waals surface area contributed by atoms with Gasteiger partial charge in [0.1, 0.15) is 12.5 Å². The van der Waals surface area contributed by atoms with Crippen LogP contribution in [0.15, 0.2) is 66.5 Å². The number of nitrogens with two attached hydrogens (primary N) is 1. The molecule has 27 heavy (non-hydrogen) atoms. The Kier molecular flexibility index (Phi) is 6.03. The molecule has 0 radical (unpaired) electrons. The lowest BCUT2D eigenvalue weighted by Crippen LogP contribution is -2.24. The standard InChI is InChI=1S/C20H21FN4OS/c1-13(11-14(12-21)9-10-22)23-19-4-2-3-16(25-19)17-7-8-18(27-17)20(26)24-15-5-6-15/h2-4,7-11,15H,1,5-6,12,22H2,(H,23,25)(H,24,26)/b10-9-,14-11+. The predicted molar refractivity (Wildman–Crippen MR) is 108 cm³/mol. The molecule has 1 amide bonds. The molecule has 1 saturated carbocycles. The van der Waals surface area contributed by atoms with Gasteiger partial charge in [0.05, 0.1) is 15.4 Å². The third-order valence-corrected chi connectivity index (χ3v) is 4.96. The van der Waals surface area contributed by atoms with E-state index in [1.807, 2.05) is 24.3 Å². The van der Waals surface area contributed by atoms with Gasteiger partial charge >= 0.3 is 0 Å². The molecule has 0 aromatic carbocycles. The Labute approximate surface area is 161 Å². The quantitative estimate of drug-likeness (QED) is 0.601. The van der Waals surface area contributed by atoms with Gasteiger partial charge in [0.2, 0.25) is 0 Å². The van der Waals surface area contributed by atoms with Gasteiger partial charge in [-0.2, -0.15) is 0 Å². The van der Waals surface area contributed by atoms with Crippen molar-refractivity contribution in [2.24, 2.45) is 5.73 Å². The van der Waals surface area contributed by atoms with Gasteiger partial charge in [0.15, 0.2) is 0 Å². The number of alkyl halides is 1. The topological polar surface area (TPSA) is 80.0 Å². The number of halogens is 1. The maximum absolute atomic E-state index is 12.9. The largest absolute Gasteiger partial charge is 0.405 e. The van der Waals surface area contributed by atoms with E-state index in [9.17, 15) is 9.18 Å². The number of rotatable bonds is 8. The maximum Gasteiger partial charge on any atom is 0.261 e. The molecule has 0 atom stereocenters. The Morgan fingerprint density at radius 1 is 1.37 bits per heavy atom. The number of pyridine rings is 1. The Bertz CT molecular complexity index is 899. The third-order valence-electron chi connectivity index (χ3n) is 3.86. The first kappa shape index (κ1) is 18.8. The van der Waals surface area contributed by atoms with Crippen molar-refractivity contribution in [3.05, 3.63) is 71.4 Å². The Balaban J connectivity index is 1.71. The van der Waals surface area contributed by atoms with Crippen LogP contribution in [0.3, 0.4) is 0 Å². The summed E-state index contributed by atoms with van der Waals surface area (Å²) in [7, 11) is 0. The minimum atomic E-state index is -0.636. The number of amides is 1. The monoisotopic (exact) mass is 384 g/mol. The summed E-state index contributed by atoms with van der Waals surface area (Å²) in [5.74, 6) is 0.550. The number of nitrogens with one attached hydrogen (secondary N) is 2. The van der Waals surface area contributed by atoms with E-state index in [2.05, 4.69) is 22.2 Å². The van der Waals surface area contributed by atoms with E-state index >= 15 is 0 Å². The second-order valence-corrected chi connectivity index (χ2v) is 7.27. The molecule has 5 nitrogen and oxygen atoms in total. The van der Waals surface area contributed by atoms with Crippen molar-refractivity contribution < 1.29 is 9.18 Å². The molecule has 7 heteroatoms. The summed E-state index contributed by atoms with van der Waals surface area (Å²) < 4.78 is 12.9. The van der Waals surface area contributed by atoms with Crippen LogP contribution in [0.4, 0.5) is 10.2 Å². The van der Waals surface area contributed by atoms with Gasteiger partial charge in [0, 0.05) is 11.7 Å². The number of nitrogens with zero attached hydrogens (tertiary/aromatic N) is 1. The number of thiophene rings is 1. The van der Waals surface area contributed by atoms with Crippen LogP contribution in [0, 0.1) is 0 Å². The summed E-state index contributed by atoms with van der Waals surface area (Å²) in [4.78, 5) is 18.3. The Morgan fingerprint density at radius 3 is 2.89 bits per heavy atom. The van der Waals surface area contributed by atoms with Gasteiger partial charge in [-0.15, -0.1) is 11.3 Å². The molecule has 140 valence electrons. The molecular weight excluding hydrogens is 363 g/mol. The fourth-order valence-corrected chi connectivity index (χ4v) is 3.28. The molecule has 0 aliphatic heterocycles. The van der Waals surface area contributed by atoms with Crippen LogP contribution in [0.1, 0.15) is 22.5 Å². The second kappa shape index (κ2) is 8.64. The molecule has 0 spiro atoms. The first-order valence-electron chi connectivity index (χ1n) is 8.58. The molecule has 0 unspecified atom stereocenters. The van der Waals surface area contributed by atoms with E-state index in [1.54, 1.807) is 12.1 Å². The van der Waals surface area contributed by atoms with Crippen LogP contribution in [0.5, 0.6) is 0 Å². The van der Waals surface area contributed by atoms with Crippen molar-refractivity contribution in [2.75, 3.05) is 12.0 Å².